The highest BCUT2D eigenvalue weighted by atomic mass is 16.2. The quantitative estimate of drug-likeness (QED) is 0.726. The fraction of sp³-hybridized carbons (Fsp3) is 0.500. The molecule has 88 valence electrons. The SMILES string of the molecule is CCCCCCNC(=O)Nc1ccccn1. The number of carbonyl (C=O) groups is 1. The van der Waals surface area contributed by atoms with Gasteiger partial charge in [-0.25, -0.2) is 9.78 Å². The fourth-order valence-corrected chi connectivity index (χ4v) is 1.35. The smallest absolute Gasteiger partial charge is 0.320 e. The summed E-state index contributed by atoms with van der Waals surface area (Å²) >= 11 is 0. The second-order valence-electron chi connectivity index (χ2n) is 3.66. The Morgan fingerprint density at radius 3 is 2.88 bits per heavy atom. The van der Waals surface area contributed by atoms with Crippen molar-refractivity contribution in [1.29, 1.82) is 0 Å². The second kappa shape index (κ2) is 7.68. The van der Waals surface area contributed by atoms with Gasteiger partial charge in [-0.05, 0) is 18.6 Å². The predicted molar refractivity (Wildman–Crippen MR) is 65.4 cm³/mol. The Labute approximate surface area is 96.5 Å². The van der Waals surface area contributed by atoms with Crippen molar-refractivity contribution in [3.8, 4) is 0 Å². The van der Waals surface area contributed by atoms with E-state index in [2.05, 4.69) is 22.5 Å². The van der Waals surface area contributed by atoms with Crippen LogP contribution in [0.25, 0.3) is 0 Å². The van der Waals surface area contributed by atoms with Crippen LogP contribution in [0, 0.1) is 0 Å². The Bertz CT molecular complexity index is 300. The van der Waals surface area contributed by atoms with Gasteiger partial charge in [0.15, 0.2) is 0 Å². The van der Waals surface area contributed by atoms with Crippen LogP contribution < -0.4 is 10.6 Å². The molecular weight excluding hydrogens is 202 g/mol. The van der Waals surface area contributed by atoms with Crippen LogP contribution in [0.5, 0.6) is 0 Å². The van der Waals surface area contributed by atoms with Gasteiger partial charge in [0, 0.05) is 12.7 Å². The largest absolute Gasteiger partial charge is 0.338 e. The van der Waals surface area contributed by atoms with Crippen molar-refractivity contribution in [2.75, 3.05) is 11.9 Å². The molecule has 0 bridgehead atoms. The van der Waals surface area contributed by atoms with Crippen molar-refractivity contribution in [2.24, 2.45) is 0 Å². The van der Waals surface area contributed by atoms with Gasteiger partial charge in [0.05, 0.1) is 0 Å². The number of unbranched alkanes of at least 4 members (excludes halogenated alkanes) is 3. The summed E-state index contributed by atoms with van der Waals surface area (Å²) in [7, 11) is 0. The summed E-state index contributed by atoms with van der Waals surface area (Å²) in [4.78, 5) is 15.4. The Kier molecular flexibility index (Phi) is 5.99. The number of anilines is 1. The summed E-state index contributed by atoms with van der Waals surface area (Å²) < 4.78 is 0. The molecule has 1 heterocycles. The third-order valence-electron chi connectivity index (χ3n) is 2.22. The number of carbonyl (C=O) groups excluding carboxylic acids is 1. The molecule has 16 heavy (non-hydrogen) atoms. The lowest BCUT2D eigenvalue weighted by Gasteiger charge is -2.06. The van der Waals surface area contributed by atoms with Gasteiger partial charge in [-0.1, -0.05) is 32.3 Å². The first-order chi connectivity index (χ1) is 7.83. The zero-order chi connectivity index (χ0) is 11.6. The fourth-order valence-electron chi connectivity index (χ4n) is 1.35. The highest BCUT2D eigenvalue weighted by Crippen LogP contribution is 2.00. The Hall–Kier alpha value is -1.58. The minimum Gasteiger partial charge on any atom is -0.338 e. The van der Waals surface area contributed by atoms with E-state index in [1.165, 1.54) is 19.3 Å². The first-order valence-corrected chi connectivity index (χ1v) is 5.79. The number of hydrogen-bond donors (Lipinski definition) is 2. The molecule has 0 spiro atoms. The van der Waals surface area contributed by atoms with Crippen molar-refractivity contribution in [3.05, 3.63) is 24.4 Å². The van der Waals surface area contributed by atoms with Gasteiger partial charge in [0.2, 0.25) is 0 Å². The van der Waals surface area contributed by atoms with E-state index in [0.29, 0.717) is 5.82 Å². The highest BCUT2D eigenvalue weighted by Gasteiger charge is 2.00. The van der Waals surface area contributed by atoms with Crippen molar-refractivity contribution < 1.29 is 4.79 Å². The van der Waals surface area contributed by atoms with Gasteiger partial charge >= 0.3 is 6.03 Å². The lowest BCUT2D eigenvalue weighted by molar-refractivity contribution is 0.252. The van der Waals surface area contributed by atoms with E-state index in [0.717, 1.165) is 13.0 Å². The second-order valence-corrected chi connectivity index (χ2v) is 3.66. The average Bonchev–Trinajstić information content (AvgIpc) is 2.30. The van der Waals surface area contributed by atoms with Gasteiger partial charge < -0.3 is 5.32 Å². The summed E-state index contributed by atoms with van der Waals surface area (Å²) in [5.74, 6) is 0.577. The zero-order valence-electron chi connectivity index (χ0n) is 9.70. The van der Waals surface area contributed by atoms with Crippen molar-refractivity contribution >= 4 is 11.8 Å². The van der Waals surface area contributed by atoms with Gasteiger partial charge in [-0.3, -0.25) is 5.32 Å². The van der Waals surface area contributed by atoms with Gasteiger partial charge in [-0.15, -0.1) is 0 Å². The average molecular weight is 221 g/mol. The molecule has 0 fully saturated rings. The zero-order valence-corrected chi connectivity index (χ0v) is 9.70. The van der Waals surface area contributed by atoms with Crippen molar-refractivity contribution in [1.82, 2.24) is 10.3 Å². The summed E-state index contributed by atoms with van der Waals surface area (Å²) in [6.45, 7) is 2.89. The molecule has 1 rings (SSSR count). The minimum absolute atomic E-state index is 0.185. The Morgan fingerprint density at radius 2 is 2.19 bits per heavy atom. The maximum Gasteiger partial charge on any atom is 0.320 e. The summed E-state index contributed by atoms with van der Waals surface area (Å²) in [5, 5.41) is 5.47. The van der Waals surface area contributed by atoms with Crippen LogP contribution in [0.3, 0.4) is 0 Å². The van der Waals surface area contributed by atoms with Crippen LogP contribution in [0.4, 0.5) is 10.6 Å². The number of rotatable bonds is 6. The highest BCUT2D eigenvalue weighted by molar-refractivity contribution is 5.88. The van der Waals surface area contributed by atoms with Crippen LogP contribution >= 0.6 is 0 Å². The molecule has 4 heteroatoms. The summed E-state index contributed by atoms with van der Waals surface area (Å²) in [6.07, 6.45) is 6.28. The molecule has 0 atom stereocenters. The van der Waals surface area contributed by atoms with E-state index in [9.17, 15) is 4.79 Å². The summed E-state index contributed by atoms with van der Waals surface area (Å²) in [6, 6.07) is 5.23. The maximum atomic E-state index is 11.4. The van der Waals surface area contributed by atoms with E-state index in [1.54, 1.807) is 12.3 Å². The molecule has 1 aromatic heterocycles. The number of amides is 2. The molecule has 0 radical (unpaired) electrons. The van der Waals surface area contributed by atoms with Crippen LogP contribution in [0.15, 0.2) is 24.4 Å². The molecule has 0 aliphatic carbocycles. The molecular formula is C12H19N3O. The lowest BCUT2D eigenvalue weighted by Crippen LogP contribution is -2.29. The molecule has 2 N–H and O–H groups in total. The van der Waals surface area contributed by atoms with E-state index in [4.69, 9.17) is 0 Å². The molecule has 0 unspecified atom stereocenters. The molecule has 0 saturated heterocycles. The molecule has 4 nitrogen and oxygen atoms in total. The number of aromatic nitrogens is 1. The monoisotopic (exact) mass is 221 g/mol. The number of nitrogens with zero attached hydrogens (tertiary/aromatic N) is 1. The van der Waals surface area contributed by atoms with Crippen LogP contribution in [0.2, 0.25) is 0 Å². The van der Waals surface area contributed by atoms with E-state index in [-0.39, 0.29) is 6.03 Å². The number of hydrogen-bond acceptors (Lipinski definition) is 2. The maximum absolute atomic E-state index is 11.4. The molecule has 0 aromatic carbocycles. The first-order valence-electron chi connectivity index (χ1n) is 5.79. The van der Waals surface area contributed by atoms with Crippen molar-refractivity contribution in [2.45, 2.75) is 32.6 Å². The normalized spacial score (nSPS) is 9.81. The van der Waals surface area contributed by atoms with Crippen LogP contribution in [-0.4, -0.2) is 17.6 Å². The standard InChI is InChI=1S/C12H19N3O/c1-2-3-4-6-10-14-12(16)15-11-8-5-7-9-13-11/h5,7-9H,2-4,6,10H2,1H3,(H2,13,14,15,16). The third-order valence-corrected chi connectivity index (χ3v) is 2.22. The molecule has 1 aromatic rings. The number of pyridine rings is 1. The Balaban J connectivity index is 2.12. The topological polar surface area (TPSA) is 54.0 Å². The van der Waals surface area contributed by atoms with E-state index in [1.807, 2.05) is 12.1 Å². The third kappa shape index (κ3) is 5.34. The number of urea groups is 1. The number of nitrogens with one attached hydrogen (secondary N) is 2. The van der Waals surface area contributed by atoms with Gasteiger partial charge in [-0.2, -0.15) is 0 Å². The van der Waals surface area contributed by atoms with Gasteiger partial charge in [0.1, 0.15) is 5.82 Å². The van der Waals surface area contributed by atoms with E-state index < -0.39 is 0 Å². The molecule has 0 saturated carbocycles. The van der Waals surface area contributed by atoms with Gasteiger partial charge in [0.25, 0.3) is 0 Å². The Morgan fingerprint density at radius 1 is 1.31 bits per heavy atom. The van der Waals surface area contributed by atoms with E-state index >= 15 is 0 Å². The van der Waals surface area contributed by atoms with Crippen molar-refractivity contribution in [3.63, 3.8) is 0 Å². The lowest BCUT2D eigenvalue weighted by atomic mass is 10.2. The molecule has 0 aliphatic heterocycles. The summed E-state index contributed by atoms with van der Waals surface area (Å²) in [5.41, 5.74) is 0. The predicted octanol–water partition coefficient (Wildman–Crippen LogP) is 2.78. The van der Waals surface area contributed by atoms with Crippen LogP contribution in [-0.2, 0) is 0 Å². The first kappa shape index (κ1) is 12.5. The van der Waals surface area contributed by atoms with Crippen LogP contribution in [0.1, 0.15) is 32.6 Å². The molecule has 2 amide bonds. The molecule has 0 aliphatic rings. The minimum atomic E-state index is -0.185.